The fourth-order valence-electron chi connectivity index (χ4n) is 3.29. The Morgan fingerprint density at radius 2 is 1.87 bits per heavy atom. The Hall–Kier alpha value is -2.70. The number of carbonyl (C=O) groups excluding carboxylic acids is 1. The van der Waals surface area contributed by atoms with Gasteiger partial charge in [-0.05, 0) is 67.4 Å². The highest BCUT2D eigenvalue weighted by Crippen LogP contribution is 2.33. The number of anilines is 1. The normalized spacial score (nSPS) is 11.3. The van der Waals surface area contributed by atoms with Gasteiger partial charge in [0.25, 0.3) is 5.91 Å². The largest absolute Gasteiger partial charge is 0.278 e. The lowest BCUT2D eigenvalue weighted by Crippen LogP contribution is -2.30. The molecule has 0 unspecified atom stereocenters. The molecule has 4 nitrogen and oxygen atoms in total. The molecule has 0 atom stereocenters. The number of pyridine rings is 1. The van der Waals surface area contributed by atoms with Crippen LogP contribution in [0.25, 0.3) is 10.2 Å². The Kier molecular flexibility index (Phi) is 6.39. The first kappa shape index (κ1) is 21.5. The fourth-order valence-corrected chi connectivity index (χ4v) is 5.23. The number of carbonyl (C=O) groups is 1. The van der Waals surface area contributed by atoms with Crippen LogP contribution in [0.2, 0.25) is 0 Å². The molecule has 6 heteroatoms. The fraction of sp³-hybridized carbons (Fsp3) is 0.240. The van der Waals surface area contributed by atoms with Crippen LogP contribution >= 0.6 is 23.1 Å². The molecule has 0 bridgehead atoms. The van der Waals surface area contributed by atoms with E-state index in [2.05, 4.69) is 44.8 Å². The molecule has 1 amide bonds. The van der Waals surface area contributed by atoms with E-state index in [9.17, 15) is 4.79 Å². The minimum absolute atomic E-state index is 0.0654. The number of nitrogens with zero attached hydrogens (tertiary/aromatic N) is 3. The van der Waals surface area contributed by atoms with Crippen molar-refractivity contribution in [1.29, 1.82) is 0 Å². The average molecular weight is 448 g/mol. The van der Waals surface area contributed by atoms with Gasteiger partial charge in [0.15, 0.2) is 5.13 Å². The van der Waals surface area contributed by atoms with Crippen molar-refractivity contribution in [3.05, 3.63) is 83.2 Å². The predicted octanol–water partition coefficient (Wildman–Crippen LogP) is 6.66. The van der Waals surface area contributed by atoms with Gasteiger partial charge in [-0.25, -0.2) is 4.98 Å². The van der Waals surface area contributed by atoms with Crippen LogP contribution in [0.1, 0.15) is 41.0 Å². The lowest BCUT2D eigenvalue weighted by atomic mass is 10.1. The molecular formula is C25H25N3OS2. The van der Waals surface area contributed by atoms with Crippen LogP contribution in [0.4, 0.5) is 5.13 Å². The second kappa shape index (κ2) is 9.20. The molecule has 0 N–H and O–H groups in total. The van der Waals surface area contributed by atoms with Gasteiger partial charge in [0.1, 0.15) is 0 Å². The van der Waals surface area contributed by atoms with Gasteiger partial charge in [0, 0.05) is 21.9 Å². The van der Waals surface area contributed by atoms with E-state index in [1.807, 2.05) is 42.5 Å². The second-order valence-electron chi connectivity index (χ2n) is 7.81. The summed E-state index contributed by atoms with van der Waals surface area (Å²) in [5.74, 6) is -0.0654. The summed E-state index contributed by atoms with van der Waals surface area (Å²) < 4.78 is 1.08. The van der Waals surface area contributed by atoms with Gasteiger partial charge in [0.05, 0.1) is 22.5 Å². The smallest absolute Gasteiger partial charge is 0.260 e. The van der Waals surface area contributed by atoms with Gasteiger partial charge in [-0.2, -0.15) is 0 Å². The van der Waals surface area contributed by atoms with E-state index in [4.69, 9.17) is 4.98 Å². The molecule has 0 radical (unpaired) electrons. The molecule has 0 aliphatic carbocycles. The van der Waals surface area contributed by atoms with E-state index in [1.54, 1.807) is 34.2 Å². The van der Waals surface area contributed by atoms with E-state index in [-0.39, 0.29) is 5.91 Å². The summed E-state index contributed by atoms with van der Waals surface area (Å²) in [6.45, 7) is 8.86. The summed E-state index contributed by atoms with van der Waals surface area (Å²) in [5.41, 5.74) is 4.84. The predicted molar refractivity (Wildman–Crippen MR) is 131 cm³/mol. The van der Waals surface area contributed by atoms with Gasteiger partial charge < -0.3 is 0 Å². The summed E-state index contributed by atoms with van der Waals surface area (Å²) in [6, 6.07) is 17.8. The number of benzene rings is 2. The molecular weight excluding hydrogens is 422 g/mol. The van der Waals surface area contributed by atoms with Gasteiger partial charge in [-0.15, -0.1) is 11.8 Å². The van der Waals surface area contributed by atoms with Crippen molar-refractivity contribution < 1.29 is 4.79 Å². The molecule has 158 valence electrons. The molecule has 4 aromatic rings. The van der Waals surface area contributed by atoms with Crippen molar-refractivity contribution in [3.8, 4) is 0 Å². The maximum absolute atomic E-state index is 13.7. The number of aromatic nitrogens is 2. The highest BCUT2D eigenvalue weighted by atomic mass is 32.2. The Bertz CT molecular complexity index is 1180. The molecule has 2 aromatic heterocycles. The van der Waals surface area contributed by atoms with Crippen LogP contribution in [0.5, 0.6) is 0 Å². The Morgan fingerprint density at radius 3 is 2.61 bits per heavy atom. The number of hydrogen-bond acceptors (Lipinski definition) is 5. The van der Waals surface area contributed by atoms with Crippen LogP contribution in [0.15, 0.2) is 65.7 Å². The summed E-state index contributed by atoms with van der Waals surface area (Å²) >= 11 is 3.30. The molecule has 0 aliphatic heterocycles. The third-order valence-corrected chi connectivity index (χ3v) is 7.01. The lowest BCUT2D eigenvalue weighted by Gasteiger charge is -2.20. The zero-order chi connectivity index (χ0) is 22.0. The van der Waals surface area contributed by atoms with Crippen LogP contribution < -0.4 is 4.90 Å². The second-order valence-corrected chi connectivity index (χ2v) is 10.5. The van der Waals surface area contributed by atoms with E-state index >= 15 is 0 Å². The number of fused-ring (bicyclic) bond motifs is 1. The van der Waals surface area contributed by atoms with Crippen molar-refractivity contribution >= 4 is 44.4 Å². The van der Waals surface area contributed by atoms with Crippen molar-refractivity contribution in [2.75, 3.05) is 4.90 Å². The third-order valence-electron chi connectivity index (χ3n) is 4.97. The Morgan fingerprint density at radius 1 is 1.06 bits per heavy atom. The quantitative estimate of drug-likeness (QED) is 0.310. The van der Waals surface area contributed by atoms with Gasteiger partial charge in [-0.1, -0.05) is 37.3 Å². The number of amides is 1. The average Bonchev–Trinajstić information content (AvgIpc) is 3.14. The maximum Gasteiger partial charge on any atom is 0.260 e. The molecule has 0 saturated heterocycles. The minimum atomic E-state index is -0.0654. The summed E-state index contributed by atoms with van der Waals surface area (Å²) in [7, 11) is 0. The molecule has 0 fully saturated rings. The standard InChI is InChI=1S/C25H25N3OS2/c1-16(2)30-21-10-7-8-19(14-21)24(29)28(15-20-9-5-6-11-26-20)25-27-22-12-17(3)18(4)13-23(22)31-25/h5-14,16H,15H2,1-4H3. The highest BCUT2D eigenvalue weighted by Gasteiger charge is 2.23. The number of rotatable bonds is 6. The molecule has 0 saturated carbocycles. The van der Waals surface area contributed by atoms with Crippen LogP contribution in [-0.2, 0) is 6.54 Å². The SMILES string of the molecule is Cc1cc2nc(N(Cc3ccccn3)C(=O)c3cccc(SC(C)C)c3)sc2cc1C. The van der Waals surface area contributed by atoms with Gasteiger partial charge in [0.2, 0.25) is 0 Å². The zero-order valence-electron chi connectivity index (χ0n) is 18.1. The molecule has 0 spiro atoms. The molecule has 31 heavy (non-hydrogen) atoms. The van der Waals surface area contributed by atoms with Crippen LogP contribution in [0.3, 0.4) is 0 Å². The van der Waals surface area contributed by atoms with E-state index < -0.39 is 0 Å². The Labute approximate surface area is 191 Å². The first-order valence-corrected chi connectivity index (χ1v) is 12.0. The molecule has 2 aromatic carbocycles. The van der Waals surface area contributed by atoms with Crippen LogP contribution in [0, 0.1) is 13.8 Å². The summed E-state index contributed by atoms with van der Waals surface area (Å²) in [5, 5.41) is 1.14. The summed E-state index contributed by atoms with van der Waals surface area (Å²) in [6.07, 6.45) is 1.75. The Balaban J connectivity index is 1.75. The molecule has 2 heterocycles. The van der Waals surface area contributed by atoms with Crippen molar-refractivity contribution in [2.45, 2.75) is 44.4 Å². The van der Waals surface area contributed by atoms with E-state index in [1.165, 1.54) is 11.1 Å². The topological polar surface area (TPSA) is 46.1 Å². The zero-order valence-corrected chi connectivity index (χ0v) is 19.8. The van der Waals surface area contributed by atoms with E-state index in [0.29, 0.717) is 22.5 Å². The van der Waals surface area contributed by atoms with E-state index in [0.717, 1.165) is 20.8 Å². The summed E-state index contributed by atoms with van der Waals surface area (Å²) in [4.78, 5) is 25.7. The molecule has 0 aliphatic rings. The first-order valence-electron chi connectivity index (χ1n) is 10.3. The van der Waals surface area contributed by atoms with Crippen molar-refractivity contribution in [1.82, 2.24) is 9.97 Å². The number of aryl methyl sites for hydroxylation is 2. The maximum atomic E-state index is 13.7. The number of thiazole rings is 1. The highest BCUT2D eigenvalue weighted by molar-refractivity contribution is 7.99. The number of hydrogen-bond donors (Lipinski definition) is 0. The monoisotopic (exact) mass is 447 g/mol. The number of thioether (sulfide) groups is 1. The van der Waals surface area contributed by atoms with Gasteiger partial charge >= 0.3 is 0 Å². The van der Waals surface area contributed by atoms with Crippen molar-refractivity contribution in [3.63, 3.8) is 0 Å². The van der Waals surface area contributed by atoms with Crippen LogP contribution in [-0.4, -0.2) is 21.1 Å². The first-order chi connectivity index (χ1) is 14.9. The lowest BCUT2D eigenvalue weighted by molar-refractivity contribution is 0.0984. The minimum Gasteiger partial charge on any atom is -0.278 e. The van der Waals surface area contributed by atoms with Gasteiger partial charge in [-0.3, -0.25) is 14.7 Å². The van der Waals surface area contributed by atoms with Crippen molar-refractivity contribution in [2.24, 2.45) is 0 Å². The molecule has 4 rings (SSSR count). The third kappa shape index (κ3) is 4.97.